The summed E-state index contributed by atoms with van der Waals surface area (Å²) in [5, 5.41) is 12.3. The molecule has 0 aliphatic carbocycles. The highest BCUT2D eigenvalue weighted by Gasteiger charge is 2.09. The monoisotopic (exact) mass is 375 g/mol. The third kappa shape index (κ3) is 7.17. The number of nitrogens with one attached hydrogen (secondary N) is 1. The molecular weight excluding hydrogens is 353 g/mol. The summed E-state index contributed by atoms with van der Waals surface area (Å²) in [6.07, 6.45) is 0. The van der Waals surface area contributed by atoms with Crippen LogP contribution >= 0.6 is 24.0 Å². The molecule has 19 heavy (non-hydrogen) atoms. The van der Waals surface area contributed by atoms with Gasteiger partial charge in [-0.15, -0.1) is 24.0 Å². The minimum absolute atomic E-state index is 0. The minimum atomic E-state index is -0.0172. The molecule has 4 N–H and O–H groups in total. The Morgan fingerprint density at radius 2 is 2.05 bits per heavy atom. The van der Waals surface area contributed by atoms with Crippen LogP contribution in [0.4, 0.5) is 0 Å². The number of hydrogen-bond donors (Lipinski definition) is 3. The van der Waals surface area contributed by atoms with Crippen LogP contribution in [0.25, 0.3) is 0 Å². The predicted molar refractivity (Wildman–Crippen MR) is 91.0 cm³/mol. The number of guanidine groups is 1. The Morgan fingerprint density at radius 1 is 1.42 bits per heavy atom. The van der Waals surface area contributed by atoms with E-state index in [1.807, 2.05) is 37.3 Å². The molecule has 0 aliphatic heterocycles. The van der Waals surface area contributed by atoms with E-state index in [-0.39, 0.29) is 36.5 Å². The van der Waals surface area contributed by atoms with Gasteiger partial charge in [-0.2, -0.15) is 0 Å². The molecule has 0 aromatic heterocycles. The van der Waals surface area contributed by atoms with Crippen LogP contribution in [0.3, 0.4) is 0 Å². The number of aliphatic hydroxyl groups excluding tert-OH is 1. The minimum Gasteiger partial charge on any atom is -0.396 e. The quantitative estimate of drug-likeness (QED) is 0.308. The molecule has 0 bridgehead atoms. The van der Waals surface area contributed by atoms with Crippen LogP contribution in [-0.4, -0.2) is 30.8 Å². The molecule has 0 saturated carbocycles. The number of hydrogen-bond acceptors (Lipinski definition) is 2. The lowest BCUT2D eigenvalue weighted by molar-refractivity contribution is 0.268. The number of aliphatic imine (C=N–C) groups is 1. The third-order valence-corrected chi connectivity index (χ3v) is 2.54. The molecule has 1 aromatic carbocycles. The lowest BCUT2D eigenvalue weighted by atomic mass is 10.0. The lowest BCUT2D eigenvalue weighted by Gasteiger charge is -2.12. The van der Waals surface area contributed by atoms with Crippen molar-refractivity contribution >= 4 is 29.9 Å². The van der Waals surface area contributed by atoms with Gasteiger partial charge >= 0.3 is 0 Å². The first-order valence-electron chi connectivity index (χ1n) is 5.97. The van der Waals surface area contributed by atoms with Crippen molar-refractivity contribution in [1.29, 1.82) is 0 Å². The van der Waals surface area contributed by atoms with E-state index in [1.165, 1.54) is 0 Å². The summed E-state index contributed by atoms with van der Waals surface area (Å²) < 4.78 is 0. The summed E-state index contributed by atoms with van der Waals surface area (Å²) in [5.41, 5.74) is 7.78. The van der Waals surface area contributed by atoms with E-state index in [2.05, 4.69) is 16.9 Å². The van der Waals surface area contributed by atoms with Crippen molar-refractivity contribution < 1.29 is 5.11 Å². The Labute approximate surface area is 131 Å². The van der Waals surface area contributed by atoms with Crippen molar-refractivity contribution in [3.05, 3.63) is 48.0 Å². The van der Waals surface area contributed by atoms with Gasteiger partial charge in [-0.05, 0) is 12.5 Å². The van der Waals surface area contributed by atoms with Crippen molar-refractivity contribution in [3.8, 4) is 0 Å². The number of nitrogens with two attached hydrogens (primary N) is 1. The molecule has 0 spiro atoms. The Hall–Kier alpha value is -1.08. The average molecular weight is 375 g/mol. The van der Waals surface area contributed by atoms with Crippen molar-refractivity contribution in [3.63, 3.8) is 0 Å². The summed E-state index contributed by atoms with van der Waals surface area (Å²) in [6, 6.07) is 9.81. The fourth-order valence-electron chi connectivity index (χ4n) is 1.50. The Bertz CT molecular complexity index is 406. The van der Waals surface area contributed by atoms with E-state index in [0.29, 0.717) is 19.0 Å². The first kappa shape index (κ1) is 17.9. The zero-order chi connectivity index (χ0) is 13.4. The lowest BCUT2D eigenvalue weighted by Crippen LogP contribution is -2.33. The summed E-state index contributed by atoms with van der Waals surface area (Å²) in [5.74, 6) is 0.365. The topological polar surface area (TPSA) is 70.6 Å². The standard InChI is InChI=1S/C14H21N3O.HI/c1-11(2)8-16-14(15)17-9-13(10-18)12-6-4-3-5-7-12;/h3-7,13,18H,1,8-10H2,2H3,(H3,15,16,17);1H. The molecule has 1 atom stereocenters. The maximum absolute atomic E-state index is 9.37. The largest absolute Gasteiger partial charge is 0.396 e. The fraction of sp³-hybridized carbons (Fsp3) is 0.357. The molecule has 1 rings (SSSR count). The molecule has 0 radical (unpaired) electrons. The second kappa shape index (κ2) is 9.80. The van der Waals surface area contributed by atoms with E-state index >= 15 is 0 Å². The average Bonchev–Trinajstić information content (AvgIpc) is 2.38. The van der Waals surface area contributed by atoms with Gasteiger partial charge in [0.15, 0.2) is 5.96 Å². The fourth-order valence-corrected chi connectivity index (χ4v) is 1.50. The summed E-state index contributed by atoms with van der Waals surface area (Å²) >= 11 is 0. The van der Waals surface area contributed by atoms with Gasteiger partial charge in [-0.1, -0.05) is 42.5 Å². The molecule has 0 amide bonds. The summed E-state index contributed by atoms with van der Waals surface area (Å²) in [4.78, 5) is 4.23. The highest BCUT2D eigenvalue weighted by molar-refractivity contribution is 14.0. The second-order valence-corrected chi connectivity index (χ2v) is 4.33. The van der Waals surface area contributed by atoms with E-state index in [0.717, 1.165) is 11.1 Å². The van der Waals surface area contributed by atoms with Crippen molar-refractivity contribution in [2.45, 2.75) is 12.8 Å². The highest BCUT2D eigenvalue weighted by atomic mass is 127. The SMILES string of the molecule is C=C(C)CNC(N)=NCC(CO)c1ccccc1.I. The number of halogens is 1. The first-order valence-corrected chi connectivity index (χ1v) is 5.97. The molecule has 0 saturated heterocycles. The molecule has 106 valence electrons. The van der Waals surface area contributed by atoms with Gasteiger partial charge in [0, 0.05) is 12.5 Å². The highest BCUT2D eigenvalue weighted by Crippen LogP contribution is 2.14. The molecule has 0 aliphatic rings. The summed E-state index contributed by atoms with van der Waals surface area (Å²) in [6.45, 7) is 6.83. The molecule has 1 unspecified atom stereocenters. The molecule has 1 aromatic rings. The van der Waals surface area contributed by atoms with Gasteiger partial charge in [-0.3, -0.25) is 4.99 Å². The van der Waals surface area contributed by atoms with Crippen LogP contribution in [0.15, 0.2) is 47.5 Å². The van der Waals surface area contributed by atoms with Crippen LogP contribution in [0.2, 0.25) is 0 Å². The maximum Gasteiger partial charge on any atom is 0.188 e. The Kier molecular flexibility index (Phi) is 9.24. The smallest absolute Gasteiger partial charge is 0.188 e. The number of nitrogens with zero attached hydrogens (tertiary/aromatic N) is 1. The van der Waals surface area contributed by atoms with E-state index in [4.69, 9.17) is 5.73 Å². The zero-order valence-corrected chi connectivity index (χ0v) is 13.5. The van der Waals surface area contributed by atoms with E-state index < -0.39 is 0 Å². The molecule has 4 nitrogen and oxygen atoms in total. The molecule has 0 fully saturated rings. The predicted octanol–water partition coefficient (Wildman–Crippen LogP) is 1.86. The van der Waals surface area contributed by atoms with Gasteiger partial charge in [0.05, 0.1) is 13.2 Å². The van der Waals surface area contributed by atoms with Crippen molar-refractivity contribution in [1.82, 2.24) is 5.32 Å². The van der Waals surface area contributed by atoms with Crippen LogP contribution < -0.4 is 11.1 Å². The molecule has 5 heteroatoms. The van der Waals surface area contributed by atoms with Gasteiger partial charge in [0.1, 0.15) is 0 Å². The number of rotatable bonds is 6. The zero-order valence-electron chi connectivity index (χ0n) is 11.2. The van der Waals surface area contributed by atoms with E-state index in [9.17, 15) is 5.11 Å². The van der Waals surface area contributed by atoms with Crippen LogP contribution in [0.5, 0.6) is 0 Å². The van der Waals surface area contributed by atoms with Gasteiger partial charge in [-0.25, -0.2) is 0 Å². The van der Waals surface area contributed by atoms with Crippen LogP contribution in [-0.2, 0) is 0 Å². The van der Waals surface area contributed by atoms with E-state index in [1.54, 1.807) is 0 Å². The van der Waals surface area contributed by atoms with Crippen LogP contribution in [0, 0.1) is 0 Å². The molecular formula is C14H22IN3O. The normalized spacial score (nSPS) is 12.4. The number of aliphatic hydroxyl groups is 1. The maximum atomic E-state index is 9.37. The number of benzene rings is 1. The van der Waals surface area contributed by atoms with Gasteiger partial charge in [0.25, 0.3) is 0 Å². The van der Waals surface area contributed by atoms with Gasteiger partial charge < -0.3 is 16.2 Å². The Morgan fingerprint density at radius 3 is 2.58 bits per heavy atom. The van der Waals surface area contributed by atoms with Gasteiger partial charge in [0.2, 0.25) is 0 Å². The Balaban J connectivity index is 0.00000324. The second-order valence-electron chi connectivity index (χ2n) is 4.33. The third-order valence-electron chi connectivity index (χ3n) is 2.54. The van der Waals surface area contributed by atoms with Crippen molar-refractivity contribution in [2.24, 2.45) is 10.7 Å². The van der Waals surface area contributed by atoms with Crippen molar-refractivity contribution in [2.75, 3.05) is 19.7 Å². The summed E-state index contributed by atoms with van der Waals surface area (Å²) in [7, 11) is 0. The molecule has 0 heterocycles. The van der Waals surface area contributed by atoms with Crippen LogP contribution in [0.1, 0.15) is 18.4 Å². The first-order chi connectivity index (χ1) is 8.63.